The van der Waals surface area contributed by atoms with Gasteiger partial charge in [-0.1, -0.05) is 0 Å². The molecule has 0 aromatic carbocycles. The van der Waals surface area contributed by atoms with Gasteiger partial charge in [-0.3, -0.25) is 0 Å². The summed E-state index contributed by atoms with van der Waals surface area (Å²) in [4.78, 5) is 0. The smallest absolute Gasteiger partial charge is 0.209 e. The monoisotopic (exact) mass is 230 g/mol. The van der Waals surface area contributed by atoms with Crippen molar-refractivity contribution in [1.82, 2.24) is 0 Å². The predicted molar refractivity (Wildman–Crippen MR) is 59.0 cm³/mol. The molecule has 0 radical (unpaired) electrons. The first-order valence-corrected chi connectivity index (χ1v) is 5.97. The van der Waals surface area contributed by atoms with Gasteiger partial charge in [0, 0.05) is 0 Å². The van der Waals surface area contributed by atoms with Crippen LogP contribution in [0.25, 0.3) is 0 Å². The van der Waals surface area contributed by atoms with Gasteiger partial charge in [-0.25, -0.2) is 0 Å². The number of rotatable bonds is 1. The average Bonchev–Trinajstić information content (AvgIpc) is 2.14. The molecular formula is C12H22O4. The van der Waals surface area contributed by atoms with E-state index < -0.39 is 12.6 Å². The molecule has 2 saturated heterocycles. The molecule has 0 amide bonds. The molecule has 94 valence electrons. The lowest BCUT2D eigenvalue weighted by molar-refractivity contribution is -0.366. The second kappa shape index (κ2) is 4.26. The molecule has 2 heterocycles. The van der Waals surface area contributed by atoms with Crippen molar-refractivity contribution in [1.29, 1.82) is 0 Å². The Kier molecular flexibility index (Phi) is 3.27. The lowest BCUT2D eigenvalue weighted by atomic mass is 10.0. The van der Waals surface area contributed by atoms with Crippen LogP contribution in [0.5, 0.6) is 0 Å². The SMILES string of the molecule is CC1(C)CCOC(C2OCCC(C)(C)O2)O1. The van der Waals surface area contributed by atoms with Gasteiger partial charge in [0.1, 0.15) is 0 Å². The standard InChI is InChI=1S/C12H22O4/c1-11(2)5-7-13-9(15-11)10-14-8-6-12(3,4)16-10/h9-10H,5-8H2,1-4H3. The summed E-state index contributed by atoms with van der Waals surface area (Å²) in [6.07, 6.45) is 1.01. The minimum atomic E-state index is -0.400. The third-order valence-corrected chi connectivity index (χ3v) is 3.07. The lowest BCUT2D eigenvalue weighted by Crippen LogP contribution is -2.51. The van der Waals surface area contributed by atoms with Crippen molar-refractivity contribution in [3.63, 3.8) is 0 Å². The normalized spacial score (nSPS) is 38.2. The van der Waals surface area contributed by atoms with Gasteiger partial charge in [0.2, 0.25) is 12.6 Å². The zero-order valence-corrected chi connectivity index (χ0v) is 10.6. The van der Waals surface area contributed by atoms with Gasteiger partial charge < -0.3 is 18.9 Å². The molecule has 2 aliphatic heterocycles. The third kappa shape index (κ3) is 2.94. The van der Waals surface area contributed by atoms with Crippen molar-refractivity contribution in [2.75, 3.05) is 13.2 Å². The van der Waals surface area contributed by atoms with E-state index >= 15 is 0 Å². The fraction of sp³-hybridized carbons (Fsp3) is 1.00. The van der Waals surface area contributed by atoms with Crippen molar-refractivity contribution in [2.24, 2.45) is 0 Å². The molecule has 2 fully saturated rings. The van der Waals surface area contributed by atoms with Gasteiger partial charge >= 0.3 is 0 Å². The highest BCUT2D eigenvalue weighted by Gasteiger charge is 2.40. The van der Waals surface area contributed by atoms with E-state index in [2.05, 4.69) is 27.7 Å². The van der Waals surface area contributed by atoms with Crippen molar-refractivity contribution in [2.45, 2.75) is 64.3 Å². The van der Waals surface area contributed by atoms with E-state index in [4.69, 9.17) is 18.9 Å². The summed E-state index contributed by atoms with van der Waals surface area (Å²) >= 11 is 0. The van der Waals surface area contributed by atoms with E-state index in [9.17, 15) is 0 Å². The first kappa shape index (κ1) is 12.3. The maximum Gasteiger partial charge on any atom is 0.209 e. The summed E-state index contributed by atoms with van der Waals surface area (Å²) < 4.78 is 22.8. The minimum absolute atomic E-state index is 0.156. The van der Waals surface area contributed by atoms with Gasteiger partial charge in [0.25, 0.3) is 0 Å². The van der Waals surface area contributed by atoms with Gasteiger partial charge in [-0.2, -0.15) is 0 Å². The van der Waals surface area contributed by atoms with Crippen LogP contribution in [0.3, 0.4) is 0 Å². The molecule has 0 aliphatic carbocycles. The molecule has 2 unspecified atom stereocenters. The van der Waals surface area contributed by atoms with Crippen LogP contribution < -0.4 is 0 Å². The molecule has 0 aromatic heterocycles. The fourth-order valence-electron chi connectivity index (χ4n) is 1.92. The van der Waals surface area contributed by atoms with E-state index in [1.165, 1.54) is 0 Å². The highest BCUT2D eigenvalue weighted by molar-refractivity contribution is 4.78. The number of hydrogen-bond acceptors (Lipinski definition) is 4. The lowest BCUT2D eigenvalue weighted by Gasteiger charge is -2.43. The van der Waals surface area contributed by atoms with E-state index in [0.29, 0.717) is 13.2 Å². The molecule has 0 saturated carbocycles. The summed E-state index contributed by atoms with van der Waals surface area (Å²) in [6, 6.07) is 0. The van der Waals surface area contributed by atoms with Gasteiger partial charge in [0.15, 0.2) is 0 Å². The van der Waals surface area contributed by atoms with Crippen LogP contribution >= 0.6 is 0 Å². The van der Waals surface area contributed by atoms with Crippen LogP contribution in [-0.4, -0.2) is 37.0 Å². The largest absolute Gasteiger partial charge is 0.348 e. The minimum Gasteiger partial charge on any atom is -0.348 e. The Labute approximate surface area is 97.2 Å². The van der Waals surface area contributed by atoms with Crippen LogP contribution in [0.15, 0.2) is 0 Å². The fourth-order valence-corrected chi connectivity index (χ4v) is 1.92. The summed E-state index contributed by atoms with van der Waals surface area (Å²) in [6.45, 7) is 9.66. The zero-order valence-electron chi connectivity index (χ0n) is 10.6. The molecule has 2 atom stereocenters. The number of ether oxygens (including phenoxy) is 4. The summed E-state index contributed by atoms with van der Waals surface area (Å²) in [5.41, 5.74) is -0.311. The molecule has 2 rings (SSSR count). The molecule has 0 aromatic rings. The van der Waals surface area contributed by atoms with Crippen molar-refractivity contribution in [3.05, 3.63) is 0 Å². The second-order valence-electron chi connectivity index (χ2n) is 5.73. The van der Waals surface area contributed by atoms with Crippen LogP contribution in [0.1, 0.15) is 40.5 Å². The molecule has 4 nitrogen and oxygen atoms in total. The van der Waals surface area contributed by atoms with Gasteiger partial charge in [-0.15, -0.1) is 0 Å². The third-order valence-electron chi connectivity index (χ3n) is 3.07. The maximum atomic E-state index is 5.83. The van der Waals surface area contributed by atoms with Crippen molar-refractivity contribution in [3.8, 4) is 0 Å². The van der Waals surface area contributed by atoms with E-state index in [-0.39, 0.29) is 11.2 Å². The zero-order chi connectivity index (χ0) is 11.8. The van der Waals surface area contributed by atoms with Gasteiger partial charge in [0.05, 0.1) is 24.4 Å². The molecular weight excluding hydrogens is 208 g/mol. The quantitative estimate of drug-likeness (QED) is 0.691. The topological polar surface area (TPSA) is 36.9 Å². The van der Waals surface area contributed by atoms with Crippen LogP contribution in [0.2, 0.25) is 0 Å². The predicted octanol–water partition coefficient (Wildman–Crippen LogP) is 2.07. The molecule has 4 heteroatoms. The Morgan fingerprint density at radius 3 is 1.44 bits per heavy atom. The summed E-state index contributed by atoms with van der Waals surface area (Å²) in [7, 11) is 0. The summed E-state index contributed by atoms with van der Waals surface area (Å²) in [5.74, 6) is 0. The van der Waals surface area contributed by atoms with Crippen molar-refractivity contribution < 1.29 is 18.9 Å². The molecule has 2 aliphatic rings. The molecule has 0 spiro atoms. The van der Waals surface area contributed by atoms with Crippen LogP contribution in [0, 0.1) is 0 Å². The number of hydrogen-bond donors (Lipinski definition) is 0. The highest BCUT2D eigenvalue weighted by atomic mass is 16.8. The first-order valence-electron chi connectivity index (χ1n) is 5.97. The van der Waals surface area contributed by atoms with E-state index in [1.54, 1.807) is 0 Å². The molecule has 16 heavy (non-hydrogen) atoms. The van der Waals surface area contributed by atoms with Crippen LogP contribution in [0.4, 0.5) is 0 Å². The Morgan fingerprint density at radius 1 is 0.750 bits per heavy atom. The van der Waals surface area contributed by atoms with Crippen LogP contribution in [-0.2, 0) is 18.9 Å². The molecule has 0 N–H and O–H groups in total. The van der Waals surface area contributed by atoms with E-state index in [1.807, 2.05) is 0 Å². The average molecular weight is 230 g/mol. The second-order valence-corrected chi connectivity index (χ2v) is 5.73. The van der Waals surface area contributed by atoms with Crippen molar-refractivity contribution >= 4 is 0 Å². The Morgan fingerprint density at radius 2 is 1.12 bits per heavy atom. The first-order chi connectivity index (χ1) is 7.38. The Bertz CT molecular complexity index is 223. The highest BCUT2D eigenvalue weighted by Crippen LogP contribution is 2.31. The van der Waals surface area contributed by atoms with E-state index in [0.717, 1.165) is 12.8 Å². The van der Waals surface area contributed by atoms with Gasteiger partial charge in [-0.05, 0) is 40.5 Å². The Balaban J connectivity index is 1.96. The maximum absolute atomic E-state index is 5.83. The Hall–Kier alpha value is -0.160. The summed E-state index contributed by atoms with van der Waals surface area (Å²) in [5, 5.41) is 0. The molecule has 0 bridgehead atoms.